The molecule has 0 aliphatic rings. The maximum atomic E-state index is 10.4. The van der Waals surface area contributed by atoms with Crippen LogP contribution in [0.2, 0.25) is 0 Å². The van der Waals surface area contributed by atoms with E-state index in [0.29, 0.717) is 5.56 Å². The summed E-state index contributed by atoms with van der Waals surface area (Å²) in [6, 6.07) is 14.6. The molecule has 1 amide bonds. The van der Waals surface area contributed by atoms with Gasteiger partial charge in [-0.2, -0.15) is 0 Å². The Labute approximate surface area is 105 Å². The topological polar surface area (TPSA) is 56.0 Å². The average molecular weight is 391 g/mol. The maximum absolute atomic E-state index is 10.4. The Morgan fingerprint density at radius 1 is 1.06 bits per heavy atom. The van der Waals surface area contributed by atoms with Crippen molar-refractivity contribution >= 4 is 10.1 Å². The first-order chi connectivity index (χ1) is 7.70. The van der Waals surface area contributed by atoms with Gasteiger partial charge in [0.15, 0.2) is 0 Å². The van der Waals surface area contributed by atoms with Crippen LogP contribution in [0.5, 0.6) is 0 Å². The summed E-state index contributed by atoms with van der Waals surface area (Å²) in [5.74, 6) is -0.379. The van der Waals surface area contributed by atoms with Crippen LogP contribution >= 0.6 is 0 Å². The summed E-state index contributed by atoms with van der Waals surface area (Å²) in [5.41, 5.74) is 5.53. The summed E-state index contributed by atoms with van der Waals surface area (Å²) in [6.45, 7) is 0. The molecule has 3 nitrogen and oxygen atoms in total. The molecule has 0 atom stereocenters. The van der Waals surface area contributed by atoms with Crippen LogP contribution in [0.3, 0.4) is 0 Å². The van der Waals surface area contributed by atoms with E-state index in [4.69, 9.17) is 5.73 Å². The Morgan fingerprint density at radius 3 is 2.00 bits per heavy atom. The van der Waals surface area contributed by atoms with E-state index in [9.17, 15) is 4.79 Å². The van der Waals surface area contributed by atoms with E-state index >= 15 is 0 Å². The van der Waals surface area contributed by atoms with Crippen molar-refractivity contribution in [3.8, 4) is 0 Å². The third kappa shape index (κ3) is 4.82. The molecule has 0 unspecified atom stereocenters. The number of carbonyl (C=O) groups excluding carboxylic acids is 1. The van der Waals surface area contributed by atoms with Gasteiger partial charge in [0, 0.05) is 5.56 Å². The van der Waals surface area contributed by atoms with E-state index in [1.54, 1.807) is 30.5 Å². The minimum absolute atomic E-state index is 0.379. The first-order valence-corrected chi connectivity index (χ1v) is 5.79. The molecular formula is C12H11IrN2O. The standard InChI is InChI=1S/C7H7NO.C5H4N.Ir/c8-7(9)6-4-2-1-3-5-6;1-2-4-6-5-3-1;/h1-5H,(H2,8,9);1-4H;. The molecule has 0 radical (unpaired) electrons. The van der Waals surface area contributed by atoms with E-state index in [1.807, 2.05) is 43.2 Å². The number of rotatable bonds is 1. The molecule has 2 N–H and O–H groups in total. The zero-order chi connectivity index (χ0) is 11.8. The number of hydrogen-bond acceptors (Lipinski definition) is 2. The zero-order valence-corrected chi connectivity index (χ0v) is 10.9. The molecule has 2 rings (SSSR count). The summed E-state index contributed by atoms with van der Waals surface area (Å²) < 4.78 is 1.07. The van der Waals surface area contributed by atoms with Gasteiger partial charge in [-0.25, -0.2) is 0 Å². The van der Waals surface area contributed by atoms with Crippen molar-refractivity contribution in [1.29, 1.82) is 0 Å². The number of amides is 1. The molecule has 84 valence electrons. The van der Waals surface area contributed by atoms with Gasteiger partial charge in [0.2, 0.25) is 5.91 Å². The van der Waals surface area contributed by atoms with Crippen molar-refractivity contribution < 1.29 is 23.7 Å². The Morgan fingerprint density at radius 2 is 1.69 bits per heavy atom. The third-order valence-corrected chi connectivity index (χ3v) is 2.38. The van der Waals surface area contributed by atoms with Crippen LogP contribution in [0.15, 0.2) is 54.7 Å². The van der Waals surface area contributed by atoms with Gasteiger partial charge in [-0.1, -0.05) is 18.2 Å². The molecular weight excluding hydrogens is 380 g/mol. The molecule has 0 saturated carbocycles. The van der Waals surface area contributed by atoms with Crippen molar-refractivity contribution in [3.05, 3.63) is 60.3 Å². The quantitative estimate of drug-likeness (QED) is 0.790. The normalized spacial score (nSPS) is 8.88. The zero-order valence-electron chi connectivity index (χ0n) is 8.46. The van der Waals surface area contributed by atoms with Crippen LogP contribution in [-0.4, -0.2) is 10.9 Å². The first kappa shape index (κ1) is 12.6. The molecule has 0 fully saturated rings. The van der Waals surface area contributed by atoms with Crippen LogP contribution < -0.4 is 9.94 Å². The second kappa shape index (κ2) is 6.88. The van der Waals surface area contributed by atoms with Crippen molar-refractivity contribution in [3.63, 3.8) is 0 Å². The second-order valence-electron chi connectivity index (χ2n) is 2.86. The molecule has 16 heavy (non-hydrogen) atoms. The van der Waals surface area contributed by atoms with Gasteiger partial charge in [-0.05, 0) is 12.1 Å². The molecule has 0 aliphatic heterocycles. The summed E-state index contributed by atoms with van der Waals surface area (Å²) in [5, 5.41) is 0. The van der Waals surface area contributed by atoms with Crippen LogP contribution in [0, 0.1) is 0 Å². The van der Waals surface area contributed by atoms with Crippen molar-refractivity contribution in [2.75, 3.05) is 0 Å². The van der Waals surface area contributed by atoms with Crippen LogP contribution in [0.25, 0.3) is 0 Å². The summed E-state index contributed by atoms with van der Waals surface area (Å²) in [6.07, 6.45) is 1.79. The monoisotopic (exact) mass is 392 g/mol. The van der Waals surface area contributed by atoms with Gasteiger partial charge >= 0.3 is 52.5 Å². The van der Waals surface area contributed by atoms with Crippen molar-refractivity contribution in [1.82, 2.24) is 4.98 Å². The molecule has 1 aromatic heterocycles. The molecule has 1 heterocycles. The van der Waals surface area contributed by atoms with Gasteiger partial charge in [-0.15, -0.1) is 0 Å². The number of pyridine rings is 1. The average Bonchev–Trinajstić information content (AvgIpc) is 2.32. The fourth-order valence-corrected chi connectivity index (χ4v) is 1.35. The van der Waals surface area contributed by atoms with Crippen molar-refractivity contribution in [2.24, 2.45) is 5.73 Å². The molecule has 0 saturated heterocycles. The number of carbonyl (C=O) groups is 1. The van der Waals surface area contributed by atoms with E-state index in [2.05, 4.69) is 4.98 Å². The number of aromatic nitrogens is 1. The molecule has 1 aromatic carbocycles. The van der Waals surface area contributed by atoms with Gasteiger partial charge in [0.05, 0.1) is 0 Å². The van der Waals surface area contributed by atoms with E-state index in [1.165, 1.54) is 0 Å². The third-order valence-electron chi connectivity index (χ3n) is 1.67. The molecule has 0 spiro atoms. The fourth-order valence-electron chi connectivity index (χ4n) is 0.937. The van der Waals surface area contributed by atoms with Gasteiger partial charge in [-0.3, -0.25) is 4.79 Å². The number of primary amides is 1. The minimum atomic E-state index is -0.379. The van der Waals surface area contributed by atoms with Crippen LogP contribution in [0.4, 0.5) is 0 Å². The number of nitrogens with two attached hydrogens (primary N) is 1. The second-order valence-corrected chi connectivity index (χ2v) is 4.09. The van der Waals surface area contributed by atoms with E-state index in [-0.39, 0.29) is 5.91 Å². The first-order valence-electron chi connectivity index (χ1n) is 4.59. The molecule has 4 heteroatoms. The fraction of sp³-hybridized carbons (Fsp3) is 0. The molecule has 0 aliphatic carbocycles. The van der Waals surface area contributed by atoms with Gasteiger partial charge in [0.1, 0.15) is 0 Å². The van der Waals surface area contributed by atoms with Gasteiger partial charge in [0.25, 0.3) is 0 Å². The van der Waals surface area contributed by atoms with Gasteiger partial charge < -0.3 is 5.73 Å². The summed E-state index contributed by atoms with van der Waals surface area (Å²) >= 11 is 1.97. The van der Waals surface area contributed by atoms with E-state index in [0.717, 1.165) is 4.21 Å². The number of nitrogens with zero attached hydrogens (tertiary/aromatic N) is 1. The molecule has 0 bridgehead atoms. The summed E-state index contributed by atoms with van der Waals surface area (Å²) in [4.78, 5) is 14.4. The Hall–Kier alpha value is -1.51. The van der Waals surface area contributed by atoms with E-state index < -0.39 is 0 Å². The number of benzene rings is 1. The van der Waals surface area contributed by atoms with Crippen LogP contribution in [-0.2, 0) is 18.9 Å². The number of hydrogen-bond donors (Lipinski definition) is 1. The Kier molecular flexibility index (Phi) is 5.40. The predicted octanol–water partition coefficient (Wildman–Crippen LogP) is 1.04. The van der Waals surface area contributed by atoms with Crippen LogP contribution in [0.1, 0.15) is 10.4 Å². The summed E-state index contributed by atoms with van der Waals surface area (Å²) in [7, 11) is 0. The van der Waals surface area contributed by atoms with Crippen molar-refractivity contribution in [2.45, 2.75) is 0 Å². The predicted molar refractivity (Wildman–Crippen MR) is 58.8 cm³/mol. The SMILES string of the molecule is NC(=O)c1ccccc1.[Ir][c]1ccccn1. The molecule has 2 aromatic rings. The Bertz CT molecular complexity index is 431. The Balaban J connectivity index is 0.000000165.